The van der Waals surface area contributed by atoms with Gasteiger partial charge in [0.1, 0.15) is 5.78 Å². The van der Waals surface area contributed by atoms with E-state index in [0.29, 0.717) is 12.5 Å². The van der Waals surface area contributed by atoms with Gasteiger partial charge >= 0.3 is 0 Å². The molecule has 2 aliphatic rings. The van der Waals surface area contributed by atoms with Crippen molar-refractivity contribution in [2.75, 3.05) is 6.54 Å². The zero-order valence-electron chi connectivity index (χ0n) is 14.6. The van der Waals surface area contributed by atoms with Crippen LogP contribution in [0.15, 0.2) is 0 Å². The van der Waals surface area contributed by atoms with Gasteiger partial charge in [-0.25, -0.2) is 0 Å². The quantitative estimate of drug-likeness (QED) is 0.637. The number of amides is 2. The van der Waals surface area contributed by atoms with Crippen LogP contribution < -0.4 is 0 Å². The van der Waals surface area contributed by atoms with Crippen molar-refractivity contribution in [3.8, 4) is 0 Å². The number of Topliss-reactive ketones (excluding diaryl/α,β-unsaturated/α-hetero) is 1. The molecular weight excluding hydrogens is 298 g/mol. The highest BCUT2D eigenvalue weighted by molar-refractivity contribution is 7.81. The molecule has 1 atom stereocenters. The first-order valence-electron chi connectivity index (χ1n) is 8.51. The van der Waals surface area contributed by atoms with Crippen molar-refractivity contribution in [3.05, 3.63) is 0 Å². The third kappa shape index (κ3) is 5.75. The highest BCUT2D eigenvalue weighted by Gasteiger charge is 2.38. The molecule has 1 heterocycles. The Bertz CT molecular complexity index is 376. The SMILES string of the molecule is CC.CC.CC(=O)C1CCC(CN2C(=O)CC(S)C2=O)CC1. The minimum Gasteiger partial charge on any atom is -0.300 e. The van der Waals surface area contributed by atoms with Crippen LogP contribution in [0.3, 0.4) is 0 Å². The van der Waals surface area contributed by atoms with Gasteiger partial charge < -0.3 is 0 Å². The molecule has 0 bridgehead atoms. The molecule has 0 aromatic heterocycles. The van der Waals surface area contributed by atoms with Gasteiger partial charge in [-0.2, -0.15) is 12.6 Å². The summed E-state index contributed by atoms with van der Waals surface area (Å²) in [5.41, 5.74) is 0. The Labute approximate surface area is 140 Å². The molecule has 2 fully saturated rings. The van der Waals surface area contributed by atoms with Gasteiger partial charge in [0.25, 0.3) is 0 Å². The summed E-state index contributed by atoms with van der Waals surface area (Å²) >= 11 is 4.11. The average Bonchev–Trinajstić information content (AvgIpc) is 2.78. The van der Waals surface area contributed by atoms with Crippen LogP contribution in [0.25, 0.3) is 0 Å². The Kier molecular flexibility index (Phi) is 10.4. The minimum atomic E-state index is -0.453. The summed E-state index contributed by atoms with van der Waals surface area (Å²) in [6, 6.07) is 0. The summed E-state index contributed by atoms with van der Waals surface area (Å²) in [5.74, 6) is 0.541. The van der Waals surface area contributed by atoms with Crippen molar-refractivity contribution < 1.29 is 14.4 Å². The average molecular weight is 330 g/mol. The van der Waals surface area contributed by atoms with E-state index in [-0.39, 0.29) is 29.9 Å². The van der Waals surface area contributed by atoms with Gasteiger partial charge in [0.15, 0.2) is 0 Å². The van der Waals surface area contributed by atoms with Gasteiger partial charge in [-0.3, -0.25) is 19.3 Å². The third-order valence-corrected chi connectivity index (χ3v) is 4.49. The van der Waals surface area contributed by atoms with Crippen LogP contribution in [0.5, 0.6) is 0 Å². The van der Waals surface area contributed by atoms with Crippen molar-refractivity contribution in [1.82, 2.24) is 4.90 Å². The summed E-state index contributed by atoms with van der Waals surface area (Å²) < 4.78 is 0. The second-order valence-corrected chi connectivity index (χ2v) is 6.01. The lowest BCUT2D eigenvalue weighted by Gasteiger charge is -2.29. The Morgan fingerprint density at radius 2 is 1.59 bits per heavy atom. The lowest BCUT2D eigenvalue weighted by Crippen LogP contribution is -2.37. The lowest BCUT2D eigenvalue weighted by atomic mass is 9.80. The first-order valence-corrected chi connectivity index (χ1v) is 9.03. The number of carbonyl (C=O) groups is 3. The van der Waals surface area contributed by atoms with Gasteiger partial charge in [0.2, 0.25) is 11.8 Å². The molecule has 128 valence electrons. The maximum absolute atomic E-state index is 11.7. The molecular formula is C17H31NO3S. The van der Waals surface area contributed by atoms with E-state index in [1.165, 1.54) is 4.90 Å². The molecule has 0 radical (unpaired) electrons. The standard InChI is InChI=1S/C13H19NO3S.2C2H6/c1-8(15)10-4-2-9(3-5-10)7-14-12(16)6-11(18)13(14)17;2*1-2/h9-11,18H,2-7H2,1H3;2*1-2H3. The Morgan fingerprint density at radius 3 is 1.95 bits per heavy atom. The van der Waals surface area contributed by atoms with Crippen LogP contribution in [0.2, 0.25) is 0 Å². The van der Waals surface area contributed by atoms with E-state index >= 15 is 0 Å². The van der Waals surface area contributed by atoms with E-state index in [1.807, 2.05) is 27.7 Å². The van der Waals surface area contributed by atoms with Gasteiger partial charge in [0, 0.05) is 18.9 Å². The first kappa shape index (κ1) is 21.2. The van der Waals surface area contributed by atoms with Crippen LogP contribution in [-0.2, 0) is 14.4 Å². The Morgan fingerprint density at radius 1 is 1.09 bits per heavy atom. The minimum absolute atomic E-state index is 0.103. The van der Waals surface area contributed by atoms with E-state index < -0.39 is 5.25 Å². The molecule has 1 aliphatic carbocycles. The maximum atomic E-state index is 11.7. The van der Waals surface area contributed by atoms with Crippen LogP contribution >= 0.6 is 12.6 Å². The van der Waals surface area contributed by atoms with Crippen LogP contribution in [0, 0.1) is 11.8 Å². The van der Waals surface area contributed by atoms with E-state index in [1.54, 1.807) is 6.92 Å². The van der Waals surface area contributed by atoms with E-state index in [9.17, 15) is 14.4 Å². The van der Waals surface area contributed by atoms with Gasteiger partial charge in [-0.1, -0.05) is 27.7 Å². The zero-order valence-corrected chi connectivity index (χ0v) is 15.5. The number of likely N-dealkylation sites (tertiary alicyclic amines) is 1. The Hall–Kier alpha value is -0.840. The predicted molar refractivity (Wildman–Crippen MR) is 92.9 cm³/mol. The van der Waals surface area contributed by atoms with Crippen molar-refractivity contribution in [2.24, 2.45) is 11.8 Å². The molecule has 1 aliphatic heterocycles. The summed E-state index contributed by atoms with van der Waals surface area (Å²) in [6.45, 7) is 10.2. The molecule has 0 aromatic rings. The summed E-state index contributed by atoms with van der Waals surface area (Å²) in [6.07, 6.45) is 3.86. The third-order valence-electron chi connectivity index (χ3n) is 4.08. The fourth-order valence-electron chi connectivity index (χ4n) is 2.87. The molecule has 0 aromatic carbocycles. The summed E-state index contributed by atoms with van der Waals surface area (Å²) in [7, 11) is 0. The molecule has 22 heavy (non-hydrogen) atoms. The van der Waals surface area contributed by atoms with Crippen molar-refractivity contribution >= 4 is 30.2 Å². The Balaban J connectivity index is 0.00000102. The summed E-state index contributed by atoms with van der Waals surface area (Å²) in [5, 5.41) is -0.453. The molecule has 0 N–H and O–H groups in total. The number of nitrogens with zero attached hydrogens (tertiary/aromatic N) is 1. The van der Waals surface area contributed by atoms with Crippen LogP contribution in [0.1, 0.15) is 66.7 Å². The molecule has 5 heteroatoms. The number of ketones is 1. The molecule has 1 saturated heterocycles. The smallest absolute Gasteiger partial charge is 0.242 e. The van der Waals surface area contributed by atoms with Crippen molar-refractivity contribution in [2.45, 2.75) is 72.0 Å². The molecule has 1 unspecified atom stereocenters. The van der Waals surface area contributed by atoms with Gasteiger partial charge in [-0.15, -0.1) is 0 Å². The molecule has 0 spiro atoms. The molecule has 1 saturated carbocycles. The fraction of sp³-hybridized carbons (Fsp3) is 0.824. The highest BCUT2D eigenvalue weighted by atomic mass is 32.1. The van der Waals surface area contributed by atoms with Crippen LogP contribution in [0.4, 0.5) is 0 Å². The number of hydrogen-bond acceptors (Lipinski definition) is 4. The number of imide groups is 1. The largest absolute Gasteiger partial charge is 0.300 e. The van der Waals surface area contributed by atoms with Crippen LogP contribution in [-0.4, -0.2) is 34.3 Å². The normalized spacial score (nSPS) is 27.5. The van der Waals surface area contributed by atoms with E-state index in [2.05, 4.69) is 12.6 Å². The van der Waals surface area contributed by atoms with E-state index in [0.717, 1.165) is 25.7 Å². The van der Waals surface area contributed by atoms with Crippen molar-refractivity contribution in [3.63, 3.8) is 0 Å². The molecule has 2 rings (SSSR count). The highest BCUT2D eigenvalue weighted by Crippen LogP contribution is 2.31. The van der Waals surface area contributed by atoms with Gasteiger partial charge in [0.05, 0.1) is 5.25 Å². The fourth-order valence-corrected chi connectivity index (χ4v) is 3.16. The maximum Gasteiger partial charge on any atom is 0.242 e. The predicted octanol–water partition coefficient (Wildman–Crippen LogP) is 3.49. The van der Waals surface area contributed by atoms with Crippen molar-refractivity contribution in [1.29, 1.82) is 0 Å². The molecule has 2 amide bonds. The monoisotopic (exact) mass is 329 g/mol. The summed E-state index contributed by atoms with van der Waals surface area (Å²) in [4.78, 5) is 36.0. The number of rotatable bonds is 3. The van der Waals surface area contributed by atoms with Gasteiger partial charge in [-0.05, 0) is 38.5 Å². The topological polar surface area (TPSA) is 54.5 Å². The second kappa shape index (κ2) is 10.8. The number of carbonyl (C=O) groups excluding carboxylic acids is 3. The van der Waals surface area contributed by atoms with E-state index in [4.69, 9.17) is 0 Å². The molecule has 4 nitrogen and oxygen atoms in total. The second-order valence-electron chi connectivity index (χ2n) is 5.39. The first-order chi connectivity index (χ1) is 10.5. The zero-order chi connectivity index (χ0) is 17.3. The number of thiol groups is 1. The lowest BCUT2D eigenvalue weighted by molar-refractivity contribution is -0.139. The number of hydrogen-bond donors (Lipinski definition) is 1.